The van der Waals surface area contributed by atoms with E-state index in [0.717, 1.165) is 26.2 Å². The summed E-state index contributed by atoms with van der Waals surface area (Å²) in [5.41, 5.74) is 0. The van der Waals surface area contributed by atoms with Crippen LogP contribution in [0.15, 0.2) is 12.1 Å². The first kappa shape index (κ1) is 12.2. The predicted octanol–water partition coefficient (Wildman–Crippen LogP) is 2.40. The standard InChI is InChI=1S/C11H13N3OS2/c1-3-9-13-14-10(17-9)6-12-11(15)8-5-4-7(2)16-8/h4-5H,3,6H2,1-2H3,(H,12,15). The smallest absolute Gasteiger partial charge is 0.261 e. The maximum Gasteiger partial charge on any atom is 0.261 e. The topological polar surface area (TPSA) is 54.9 Å². The number of carbonyl (C=O) groups excluding carboxylic acids is 1. The van der Waals surface area contributed by atoms with Gasteiger partial charge in [-0.1, -0.05) is 18.3 Å². The first-order valence-electron chi connectivity index (χ1n) is 5.35. The normalized spacial score (nSPS) is 10.5. The lowest BCUT2D eigenvalue weighted by Crippen LogP contribution is -2.21. The number of hydrogen-bond acceptors (Lipinski definition) is 5. The van der Waals surface area contributed by atoms with Crippen molar-refractivity contribution in [1.82, 2.24) is 15.5 Å². The molecule has 17 heavy (non-hydrogen) atoms. The van der Waals surface area contributed by atoms with Crippen LogP contribution in [-0.2, 0) is 13.0 Å². The number of aryl methyl sites for hydroxylation is 2. The van der Waals surface area contributed by atoms with Crippen molar-refractivity contribution in [3.05, 3.63) is 31.9 Å². The van der Waals surface area contributed by atoms with Crippen LogP contribution >= 0.6 is 22.7 Å². The van der Waals surface area contributed by atoms with Crippen LogP contribution < -0.4 is 5.32 Å². The summed E-state index contributed by atoms with van der Waals surface area (Å²) in [6, 6.07) is 3.78. The molecule has 90 valence electrons. The van der Waals surface area contributed by atoms with Crippen molar-refractivity contribution < 1.29 is 4.79 Å². The fourth-order valence-electron chi connectivity index (χ4n) is 1.30. The molecule has 0 bridgehead atoms. The lowest BCUT2D eigenvalue weighted by molar-refractivity contribution is 0.0955. The Balaban J connectivity index is 1.92. The summed E-state index contributed by atoms with van der Waals surface area (Å²) >= 11 is 3.04. The molecule has 1 amide bonds. The first-order valence-corrected chi connectivity index (χ1v) is 6.98. The zero-order valence-corrected chi connectivity index (χ0v) is 11.3. The number of aromatic nitrogens is 2. The Hall–Kier alpha value is -1.27. The maximum atomic E-state index is 11.8. The Morgan fingerprint density at radius 3 is 2.65 bits per heavy atom. The van der Waals surface area contributed by atoms with E-state index in [1.807, 2.05) is 26.0 Å². The van der Waals surface area contributed by atoms with Gasteiger partial charge in [-0.2, -0.15) is 0 Å². The van der Waals surface area contributed by atoms with Gasteiger partial charge in [-0.25, -0.2) is 0 Å². The molecule has 1 N–H and O–H groups in total. The second kappa shape index (κ2) is 5.37. The van der Waals surface area contributed by atoms with Crippen molar-refractivity contribution >= 4 is 28.6 Å². The van der Waals surface area contributed by atoms with Gasteiger partial charge < -0.3 is 5.32 Å². The monoisotopic (exact) mass is 267 g/mol. The average Bonchev–Trinajstić information content (AvgIpc) is 2.94. The van der Waals surface area contributed by atoms with Crippen LogP contribution in [-0.4, -0.2) is 16.1 Å². The van der Waals surface area contributed by atoms with Gasteiger partial charge in [0.05, 0.1) is 11.4 Å². The van der Waals surface area contributed by atoms with E-state index in [9.17, 15) is 4.79 Å². The molecule has 0 radical (unpaired) electrons. The molecule has 0 fully saturated rings. The number of hydrogen-bond donors (Lipinski definition) is 1. The van der Waals surface area contributed by atoms with Gasteiger partial charge in [0.1, 0.15) is 10.0 Å². The van der Waals surface area contributed by atoms with Crippen LogP contribution in [0.4, 0.5) is 0 Å². The zero-order valence-electron chi connectivity index (χ0n) is 9.69. The SMILES string of the molecule is CCc1nnc(CNC(=O)c2ccc(C)s2)s1. The molecule has 0 saturated carbocycles. The molecule has 0 aliphatic rings. The molecule has 0 aliphatic carbocycles. The van der Waals surface area contributed by atoms with Crippen molar-refractivity contribution in [2.24, 2.45) is 0 Å². The number of rotatable bonds is 4. The molecule has 6 heteroatoms. The summed E-state index contributed by atoms with van der Waals surface area (Å²) in [5.74, 6) is -0.0450. The molecule has 0 aliphatic heterocycles. The van der Waals surface area contributed by atoms with Gasteiger partial charge in [0.25, 0.3) is 5.91 Å². The van der Waals surface area contributed by atoms with Crippen molar-refractivity contribution in [1.29, 1.82) is 0 Å². The lowest BCUT2D eigenvalue weighted by atomic mass is 10.4. The first-order chi connectivity index (χ1) is 8.19. The Kier molecular flexibility index (Phi) is 3.86. The van der Waals surface area contributed by atoms with E-state index in [0.29, 0.717) is 6.54 Å². The Bertz CT molecular complexity index is 518. The number of nitrogens with one attached hydrogen (secondary N) is 1. The van der Waals surface area contributed by atoms with E-state index in [4.69, 9.17) is 0 Å². The molecule has 2 rings (SSSR count). The Labute approximate surface area is 108 Å². The lowest BCUT2D eigenvalue weighted by Gasteiger charge is -1.99. The van der Waals surface area contributed by atoms with Crippen LogP contribution in [0, 0.1) is 6.92 Å². The fourth-order valence-corrected chi connectivity index (χ4v) is 2.81. The minimum Gasteiger partial charge on any atom is -0.345 e. The summed E-state index contributed by atoms with van der Waals surface area (Å²) in [6.07, 6.45) is 0.885. The van der Waals surface area contributed by atoms with E-state index in [2.05, 4.69) is 15.5 Å². The summed E-state index contributed by atoms with van der Waals surface area (Å²) in [7, 11) is 0. The number of carbonyl (C=O) groups is 1. The molecule has 0 saturated heterocycles. The quantitative estimate of drug-likeness (QED) is 0.925. The summed E-state index contributed by atoms with van der Waals surface area (Å²) < 4.78 is 0. The van der Waals surface area contributed by atoms with Crippen molar-refractivity contribution in [3.8, 4) is 0 Å². The van der Waals surface area contributed by atoms with E-state index < -0.39 is 0 Å². The minimum atomic E-state index is -0.0450. The van der Waals surface area contributed by atoms with Crippen LogP contribution in [0.2, 0.25) is 0 Å². The second-order valence-electron chi connectivity index (χ2n) is 3.54. The summed E-state index contributed by atoms with van der Waals surface area (Å²) in [5, 5.41) is 12.7. The maximum absolute atomic E-state index is 11.8. The van der Waals surface area contributed by atoms with Crippen LogP contribution in [0.5, 0.6) is 0 Å². The molecule has 4 nitrogen and oxygen atoms in total. The molecule has 2 heterocycles. The van der Waals surface area contributed by atoms with Crippen molar-refractivity contribution in [2.75, 3.05) is 0 Å². The molecule has 0 unspecified atom stereocenters. The van der Waals surface area contributed by atoms with E-state index in [1.54, 1.807) is 11.3 Å². The highest BCUT2D eigenvalue weighted by Gasteiger charge is 2.09. The third-order valence-electron chi connectivity index (χ3n) is 2.18. The molecular formula is C11H13N3OS2. The van der Waals surface area contributed by atoms with Gasteiger partial charge in [0.15, 0.2) is 0 Å². The van der Waals surface area contributed by atoms with Gasteiger partial charge in [0.2, 0.25) is 0 Å². The largest absolute Gasteiger partial charge is 0.345 e. The third kappa shape index (κ3) is 3.10. The summed E-state index contributed by atoms with van der Waals surface area (Å²) in [4.78, 5) is 13.6. The highest BCUT2D eigenvalue weighted by Crippen LogP contribution is 2.15. The minimum absolute atomic E-state index is 0.0450. The molecule has 0 aromatic carbocycles. The summed E-state index contributed by atoms with van der Waals surface area (Å²) in [6.45, 7) is 4.48. The average molecular weight is 267 g/mol. The number of nitrogens with zero attached hydrogens (tertiary/aromatic N) is 2. The van der Waals surface area contributed by atoms with Crippen LogP contribution in [0.1, 0.15) is 31.5 Å². The Morgan fingerprint density at radius 2 is 2.06 bits per heavy atom. The van der Waals surface area contributed by atoms with Crippen molar-refractivity contribution in [2.45, 2.75) is 26.8 Å². The highest BCUT2D eigenvalue weighted by atomic mass is 32.1. The molecule has 2 aromatic heterocycles. The number of amides is 1. The molecule has 0 spiro atoms. The van der Waals surface area contributed by atoms with Crippen LogP contribution in [0.3, 0.4) is 0 Å². The fraction of sp³-hybridized carbons (Fsp3) is 0.364. The van der Waals surface area contributed by atoms with E-state index in [1.165, 1.54) is 11.3 Å². The molecule has 2 aromatic rings. The zero-order chi connectivity index (χ0) is 12.3. The van der Waals surface area contributed by atoms with E-state index in [-0.39, 0.29) is 5.91 Å². The van der Waals surface area contributed by atoms with E-state index >= 15 is 0 Å². The second-order valence-corrected chi connectivity index (χ2v) is 5.97. The molecular weight excluding hydrogens is 254 g/mol. The van der Waals surface area contributed by atoms with Gasteiger partial charge >= 0.3 is 0 Å². The Morgan fingerprint density at radius 1 is 1.29 bits per heavy atom. The predicted molar refractivity (Wildman–Crippen MR) is 69.5 cm³/mol. The van der Waals surface area contributed by atoms with Gasteiger partial charge in [-0.05, 0) is 25.5 Å². The van der Waals surface area contributed by atoms with Gasteiger partial charge in [0, 0.05) is 4.88 Å². The van der Waals surface area contributed by atoms with Gasteiger partial charge in [-0.3, -0.25) is 4.79 Å². The number of thiophene rings is 1. The third-order valence-corrected chi connectivity index (χ3v) is 4.24. The highest BCUT2D eigenvalue weighted by molar-refractivity contribution is 7.14. The van der Waals surface area contributed by atoms with Crippen LogP contribution in [0.25, 0.3) is 0 Å². The van der Waals surface area contributed by atoms with Crippen molar-refractivity contribution in [3.63, 3.8) is 0 Å². The molecule has 0 atom stereocenters. The van der Waals surface area contributed by atoms with Gasteiger partial charge in [-0.15, -0.1) is 21.5 Å².